The average molecular weight is 303 g/mol. The molecule has 0 fully saturated rings. The van der Waals surface area contributed by atoms with Crippen LogP contribution >= 0.6 is 0 Å². The van der Waals surface area contributed by atoms with Crippen LogP contribution < -0.4 is 0 Å². The number of carbonyl (C=O) groups is 1. The Kier molecular flexibility index (Phi) is 4.25. The fraction of sp³-hybridized carbons (Fsp3) is 0.200. The van der Waals surface area contributed by atoms with E-state index in [1.54, 1.807) is 0 Å². The summed E-state index contributed by atoms with van der Waals surface area (Å²) in [6.45, 7) is 0. The molecule has 0 saturated heterocycles. The maximum Gasteiger partial charge on any atom is 0.337 e. The first-order valence-corrected chi connectivity index (χ1v) is 7.61. The number of ether oxygens (including phenoxy) is 1. The van der Waals surface area contributed by atoms with Gasteiger partial charge < -0.3 is 4.74 Å². The van der Waals surface area contributed by atoms with Crippen molar-refractivity contribution in [3.05, 3.63) is 76.4 Å². The van der Waals surface area contributed by atoms with Crippen molar-refractivity contribution in [2.24, 2.45) is 0 Å². The number of fused-ring (bicyclic) bond motifs is 1. The standard InChI is InChI=1S/C20H17NO2/c1-23-20(22)17-10-9-15-3-2-4-18(19(15)13-17)16-7-5-14(6-8-16)11-12-21/h4-10,13H,2-3,11H2,1H3. The van der Waals surface area contributed by atoms with Crippen LogP contribution in [0.1, 0.15) is 39.0 Å². The molecule has 0 atom stereocenters. The summed E-state index contributed by atoms with van der Waals surface area (Å²) in [5, 5.41) is 8.77. The van der Waals surface area contributed by atoms with Gasteiger partial charge in [-0.25, -0.2) is 4.79 Å². The molecular weight excluding hydrogens is 286 g/mol. The molecule has 0 aliphatic heterocycles. The van der Waals surface area contributed by atoms with Gasteiger partial charge in [0.15, 0.2) is 0 Å². The van der Waals surface area contributed by atoms with Crippen molar-refractivity contribution in [3.63, 3.8) is 0 Å². The van der Waals surface area contributed by atoms with Gasteiger partial charge >= 0.3 is 5.97 Å². The van der Waals surface area contributed by atoms with Crippen LogP contribution in [0.2, 0.25) is 0 Å². The van der Waals surface area contributed by atoms with Crippen molar-refractivity contribution in [1.82, 2.24) is 0 Å². The highest BCUT2D eigenvalue weighted by Gasteiger charge is 2.17. The van der Waals surface area contributed by atoms with E-state index in [0.29, 0.717) is 12.0 Å². The molecule has 0 heterocycles. The van der Waals surface area contributed by atoms with Gasteiger partial charge in [-0.1, -0.05) is 36.4 Å². The van der Waals surface area contributed by atoms with Crippen molar-refractivity contribution < 1.29 is 9.53 Å². The third-order valence-electron chi connectivity index (χ3n) is 4.13. The van der Waals surface area contributed by atoms with Crippen molar-refractivity contribution in [1.29, 1.82) is 5.26 Å². The summed E-state index contributed by atoms with van der Waals surface area (Å²) >= 11 is 0. The van der Waals surface area contributed by atoms with Crippen LogP contribution in [-0.4, -0.2) is 13.1 Å². The molecule has 1 aliphatic carbocycles. The van der Waals surface area contributed by atoms with Gasteiger partial charge in [0.25, 0.3) is 0 Å². The van der Waals surface area contributed by atoms with Crippen molar-refractivity contribution in [2.75, 3.05) is 7.11 Å². The van der Waals surface area contributed by atoms with Gasteiger partial charge in [0.2, 0.25) is 0 Å². The minimum atomic E-state index is -0.318. The number of rotatable bonds is 3. The Balaban J connectivity index is 2.00. The molecule has 0 amide bonds. The smallest absolute Gasteiger partial charge is 0.337 e. The summed E-state index contributed by atoms with van der Waals surface area (Å²) in [7, 11) is 1.40. The highest BCUT2D eigenvalue weighted by atomic mass is 16.5. The van der Waals surface area contributed by atoms with Crippen LogP contribution in [-0.2, 0) is 17.6 Å². The van der Waals surface area contributed by atoms with Gasteiger partial charge in [-0.2, -0.15) is 5.26 Å². The molecule has 0 bridgehead atoms. The predicted octanol–water partition coefficient (Wildman–Crippen LogP) is 3.92. The third-order valence-corrected chi connectivity index (χ3v) is 4.13. The van der Waals surface area contributed by atoms with E-state index >= 15 is 0 Å². The fourth-order valence-electron chi connectivity index (χ4n) is 2.94. The number of methoxy groups -OCH3 is 1. The number of nitriles is 1. The lowest BCUT2D eigenvalue weighted by Gasteiger charge is -2.19. The predicted molar refractivity (Wildman–Crippen MR) is 88.9 cm³/mol. The van der Waals surface area contributed by atoms with Crippen LogP contribution in [0.15, 0.2) is 48.5 Å². The lowest BCUT2D eigenvalue weighted by Crippen LogP contribution is -2.06. The topological polar surface area (TPSA) is 50.1 Å². The molecule has 0 spiro atoms. The van der Waals surface area contributed by atoms with Gasteiger partial charge in [0, 0.05) is 0 Å². The van der Waals surface area contributed by atoms with Crippen molar-refractivity contribution in [3.8, 4) is 6.07 Å². The summed E-state index contributed by atoms with van der Waals surface area (Å²) in [6.07, 6.45) is 4.59. The lowest BCUT2D eigenvalue weighted by atomic mass is 9.85. The summed E-state index contributed by atoms with van der Waals surface area (Å²) in [5.41, 5.74) is 6.16. The van der Waals surface area contributed by atoms with E-state index in [1.165, 1.54) is 12.7 Å². The van der Waals surface area contributed by atoms with E-state index in [4.69, 9.17) is 10.00 Å². The lowest BCUT2D eigenvalue weighted by molar-refractivity contribution is 0.0600. The molecule has 23 heavy (non-hydrogen) atoms. The summed E-state index contributed by atoms with van der Waals surface area (Å²) < 4.78 is 4.82. The Bertz CT molecular complexity index is 811. The van der Waals surface area contributed by atoms with Gasteiger partial charge in [-0.15, -0.1) is 0 Å². The zero-order chi connectivity index (χ0) is 16.2. The third kappa shape index (κ3) is 3.02. The second-order valence-corrected chi connectivity index (χ2v) is 5.55. The van der Waals surface area contributed by atoms with Crippen LogP contribution in [0, 0.1) is 11.3 Å². The maximum absolute atomic E-state index is 11.8. The molecule has 0 unspecified atom stereocenters. The van der Waals surface area contributed by atoms with E-state index in [2.05, 4.69) is 12.1 Å². The molecule has 0 saturated carbocycles. The SMILES string of the molecule is COC(=O)c1ccc2c(c1)C(c1ccc(CC#N)cc1)=CCC2. The minimum Gasteiger partial charge on any atom is -0.465 e. The number of allylic oxidation sites excluding steroid dienone is 1. The Morgan fingerprint density at radius 3 is 2.70 bits per heavy atom. The summed E-state index contributed by atoms with van der Waals surface area (Å²) in [4.78, 5) is 11.8. The Morgan fingerprint density at radius 2 is 2.00 bits per heavy atom. The first-order chi connectivity index (χ1) is 11.2. The van der Waals surface area contributed by atoms with Gasteiger partial charge in [-0.05, 0) is 52.8 Å². The largest absolute Gasteiger partial charge is 0.465 e. The van der Waals surface area contributed by atoms with Gasteiger partial charge in [0.05, 0.1) is 25.2 Å². The number of carbonyl (C=O) groups excluding carboxylic acids is 1. The molecule has 0 N–H and O–H groups in total. The van der Waals surface area contributed by atoms with Crippen LogP contribution in [0.4, 0.5) is 0 Å². The number of hydrogen-bond donors (Lipinski definition) is 0. The average Bonchev–Trinajstić information content (AvgIpc) is 2.61. The number of nitrogens with zero attached hydrogens (tertiary/aromatic N) is 1. The summed E-state index contributed by atoms with van der Waals surface area (Å²) in [6, 6.07) is 16.0. The van der Waals surface area contributed by atoms with Gasteiger partial charge in [0.1, 0.15) is 0 Å². The number of esters is 1. The molecule has 3 rings (SSSR count). The van der Waals surface area contributed by atoms with Crippen LogP contribution in [0.3, 0.4) is 0 Å². The van der Waals surface area contributed by atoms with E-state index in [9.17, 15) is 4.79 Å². The minimum absolute atomic E-state index is 0.318. The molecule has 2 aromatic carbocycles. The van der Waals surface area contributed by atoms with Gasteiger partial charge in [-0.3, -0.25) is 0 Å². The van der Waals surface area contributed by atoms with Crippen LogP contribution in [0.25, 0.3) is 5.57 Å². The molecule has 114 valence electrons. The van der Waals surface area contributed by atoms with Crippen molar-refractivity contribution in [2.45, 2.75) is 19.3 Å². The molecule has 1 aliphatic rings. The number of aryl methyl sites for hydroxylation is 1. The Morgan fingerprint density at radius 1 is 1.22 bits per heavy atom. The zero-order valence-electron chi connectivity index (χ0n) is 13.0. The molecule has 0 aromatic heterocycles. The maximum atomic E-state index is 11.8. The van der Waals surface area contributed by atoms with E-state index in [-0.39, 0.29) is 5.97 Å². The highest BCUT2D eigenvalue weighted by molar-refractivity contribution is 5.92. The molecule has 3 nitrogen and oxygen atoms in total. The monoisotopic (exact) mass is 303 g/mol. The Labute approximate surface area is 135 Å². The van der Waals surface area contributed by atoms with E-state index in [1.807, 2.05) is 42.5 Å². The second kappa shape index (κ2) is 6.50. The fourth-order valence-corrected chi connectivity index (χ4v) is 2.94. The number of benzene rings is 2. The van der Waals surface area contributed by atoms with Crippen molar-refractivity contribution >= 4 is 11.5 Å². The zero-order valence-corrected chi connectivity index (χ0v) is 13.0. The van der Waals surface area contributed by atoms with Crippen LogP contribution in [0.5, 0.6) is 0 Å². The normalized spacial score (nSPS) is 12.8. The van der Waals surface area contributed by atoms with E-state index < -0.39 is 0 Å². The highest BCUT2D eigenvalue weighted by Crippen LogP contribution is 2.32. The summed E-state index contributed by atoms with van der Waals surface area (Å²) in [5.74, 6) is -0.318. The first kappa shape index (κ1) is 15.1. The first-order valence-electron chi connectivity index (χ1n) is 7.61. The quantitative estimate of drug-likeness (QED) is 0.808. The molecule has 2 aromatic rings. The number of hydrogen-bond acceptors (Lipinski definition) is 3. The molecule has 0 radical (unpaired) electrons. The Hall–Kier alpha value is -2.86. The van der Waals surface area contributed by atoms with E-state index in [0.717, 1.165) is 35.1 Å². The second-order valence-electron chi connectivity index (χ2n) is 5.55. The molecular formula is C20H17NO2. The molecule has 3 heteroatoms.